The molecule has 208 valence electrons. The van der Waals surface area contributed by atoms with Crippen LogP contribution in [-0.4, -0.2) is 34.8 Å². The van der Waals surface area contributed by atoms with Crippen LogP contribution in [-0.2, 0) is 27.7 Å². The third kappa shape index (κ3) is 6.85. The van der Waals surface area contributed by atoms with E-state index in [0.717, 1.165) is 30.5 Å². The van der Waals surface area contributed by atoms with Crippen LogP contribution in [0.3, 0.4) is 0 Å². The zero-order valence-electron chi connectivity index (χ0n) is 21.9. The summed E-state index contributed by atoms with van der Waals surface area (Å²) < 4.78 is 27.6. The number of amides is 1. The summed E-state index contributed by atoms with van der Waals surface area (Å²) in [5, 5.41) is 20.0. The maximum atomic E-state index is 13.0. The number of halogens is 1. The highest BCUT2D eigenvalue weighted by Gasteiger charge is 2.25. The molecule has 1 aliphatic carbocycles. The molecule has 2 unspecified atom stereocenters. The van der Waals surface area contributed by atoms with Crippen molar-refractivity contribution >= 4 is 50.8 Å². The van der Waals surface area contributed by atoms with Gasteiger partial charge in [0.1, 0.15) is 11.1 Å². The number of sulfonamides is 1. The Hall–Kier alpha value is -3.98. The van der Waals surface area contributed by atoms with Crippen LogP contribution in [0.15, 0.2) is 82.7 Å². The number of benzene rings is 2. The molecule has 0 aliphatic heterocycles. The van der Waals surface area contributed by atoms with E-state index in [-0.39, 0.29) is 21.8 Å². The Kier molecular flexibility index (Phi) is 8.54. The molecule has 0 fully saturated rings. The molecule has 0 spiro atoms. The molecule has 1 amide bonds. The normalized spacial score (nSPS) is 15.3. The number of nitrogens with zero attached hydrogens (tertiary/aromatic N) is 4. The predicted molar refractivity (Wildman–Crippen MR) is 158 cm³/mol. The minimum absolute atomic E-state index is 0.0129. The number of aromatic nitrogens is 3. The van der Waals surface area contributed by atoms with Gasteiger partial charge in [-0.05, 0) is 85.7 Å². The van der Waals surface area contributed by atoms with Crippen molar-refractivity contribution in [1.29, 1.82) is 5.26 Å². The summed E-state index contributed by atoms with van der Waals surface area (Å²) in [6.45, 7) is 1.74. The first-order chi connectivity index (χ1) is 19.7. The van der Waals surface area contributed by atoms with Crippen molar-refractivity contribution in [1.82, 2.24) is 15.2 Å². The maximum absolute atomic E-state index is 13.0. The Morgan fingerprint density at radius 1 is 1.10 bits per heavy atom. The van der Waals surface area contributed by atoms with Gasteiger partial charge in [0.25, 0.3) is 10.0 Å². The van der Waals surface area contributed by atoms with Crippen LogP contribution >= 0.6 is 23.4 Å². The SMILES string of the molecule is CC(Sc1nc2c(cc1C#N)CC(c1ccccc1)CC2)C(=O)Nc1ccc(S(=O)(=O)Nc2ccc(Cl)nn2)cc1. The Morgan fingerprint density at radius 2 is 1.85 bits per heavy atom. The molecule has 9 nitrogen and oxygen atoms in total. The van der Waals surface area contributed by atoms with E-state index in [0.29, 0.717) is 22.2 Å². The van der Waals surface area contributed by atoms with E-state index < -0.39 is 15.3 Å². The van der Waals surface area contributed by atoms with Gasteiger partial charge in [-0.3, -0.25) is 9.52 Å². The second-order valence-corrected chi connectivity index (χ2v) is 12.9. The molecule has 2 aromatic heterocycles. The average molecular weight is 605 g/mol. The van der Waals surface area contributed by atoms with Crippen molar-refractivity contribution in [3.8, 4) is 6.07 Å². The lowest BCUT2D eigenvalue weighted by atomic mass is 9.82. The molecule has 41 heavy (non-hydrogen) atoms. The van der Waals surface area contributed by atoms with Crippen molar-refractivity contribution in [2.24, 2.45) is 0 Å². The molecule has 2 aromatic carbocycles. The van der Waals surface area contributed by atoms with E-state index >= 15 is 0 Å². The Morgan fingerprint density at radius 3 is 2.54 bits per heavy atom. The molecule has 5 rings (SSSR count). The van der Waals surface area contributed by atoms with Crippen molar-refractivity contribution < 1.29 is 13.2 Å². The molecule has 4 aromatic rings. The number of carbonyl (C=O) groups is 1. The van der Waals surface area contributed by atoms with Gasteiger partial charge in [0.15, 0.2) is 11.0 Å². The summed E-state index contributed by atoms with van der Waals surface area (Å²) in [5.41, 5.74) is 4.23. The van der Waals surface area contributed by atoms with E-state index in [1.54, 1.807) is 6.92 Å². The summed E-state index contributed by atoms with van der Waals surface area (Å²) >= 11 is 6.92. The van der Waals surface area contributed by atoms with E-state index in [1.807, 2.05) is 24.3 Å². The lowest BCUT2D eigenvalue weighted by molar-refractivity contribution is -0.115. The molecule has 0 saturated carbocycles. The summed E-state index contributed by atoms with van der Waals surface area (Å²) in [4.78, 5) is 17.7. The molecule has 0 radical (unpaired) electrons. The smallest absolute Gasteiger partial charge is 0.263 e. The van der Waals surface area contributed by atoms with Crippen LogP contribution in [0.4, 0.5) is 11.5 Å². The average Bonchev–Trinajstić information content (AvgIpc) is 2.98. The molecule has 0 bridgehead atoms. The van der Waals surface area contributed by atoms with Gasteiger partial charge in [0.2, 0.25) is 5.91 Å². The van der Waals surface area contributed by atoms with Crippen molar-refractivity contribution in [3.05, 3.63) is 100 Å². The van der Waals surface area contributed by atoms with Crippen LogP contribution in [0.1, 0.15) is 41.6 Å². The number of pyridine rings is 1. The van der Waals surface area contributed by atoms with Gasteiger partial charge >= 0.3 is 0 Å². The summed E-state index contributed by atoms with van der Waals surface area (Å²) in [5.74, 6) is 0.123. The second-order valence-electron chi connectivity index (χ2n) is 9.53. The van der Waals surface area contributed by atoms with Crippen LogP contribution in [0, 0.1) is 11.3 Å². The van der Waals surface area contributed by atoms with Gasteiger partial charge < -0.3 is 5.32 Å². The largest absolute Gasteiger partial charge is 0.325 e. The first kappa shape index (κ1) is 28.5. The highest BCUT2D eigenvalue weighted by molar-refractivity contribution is 8.00. The first-order valence-corrected chi connectivity index (χ1v) is 15.5. The lowest BCUT2D eigenvalue weighted by Crippen LogP contribution is -2.23. The minimum atomic E-state index is -3.91. The van der Waals surface area contributed by atoms with Gasteiger partial charge in [-0.2, -0.15) is 5.26 Å². The number of carbonyl (C=O) groups excluding carboxylic acids is 1. The molecular weight excluding hydrogens is 580 g/mol. The van der Waals surface area contributed by atoms with Crippen LogP contribution in [0.2, 0.25) is 5.15 Å². The number of rotatable bonds is 8. The summed E-state index contributed by atoms with van der Waals surface area (Å²) in [7, 11) is -3.91. The van der Waals surface area contributed by atoms with Crippen molar-refractivity contribution in [2.45, 2.75) is 47.3 Å². The fourth-order valence-corrected chi connectivity index (χ4v) is 6.57. The second kappa shape index (κ2) is 12.3. The van der Waals surface area contributed by atoms with E-state index in [2.05, 4.69) is 38.4 Å². The number of hydrogen-bond donors (Lipinski definition) is 2. The van der Waals surface area contributed by atoms with Crippen LogP contribution in [0.25, 0.3) is 0 Å². The fraction of sp³-hybridized carbons (Fsp3) is 0.207. The number of aryl methyl sites for hydroxylation is 1. The molecular formula is C29H25ClN6O3S2. The number of nitrogens with one attached hydrogen (secondary N) is 2. The predicted octanol–water partition coefficient (Wildman–Crippen LogP) is 5.59. The highest BCUT2D eigenvalue weighted by Crippen LogP contribution is 2.35. The standard InChI is InChI=1S/C29H25ClN6O3S2/c1-18(28(37)32-23-8-10-24(11-9-23)41(38,39)36-27-14-13-26(30)34-35-27)40-29-22(17-31)16-21-15-20(7-12-25(21)33-29)19-5-3-2-4-6-19/h2-6,8-11,13-14,16,18,20H,7,12,15H2,1H3,(H,32,37)(H,35,36). The lowest BCUT2D eigenvalue weighted by Gasteiger charge is -2.25. The van der Waals surface area contributed by atoms with Gasteiger partial charge in [-0.1, -0.05) is 53.7 Å². The van der Waals surface area contributed by atoms with Crippen molar-refractivity contribution in [3.63, 3.8) is 0 Å². The van der Waals surface area contributed by atoms with Gasteiger partial charge in [-0.25, -0.2) is 13.4 Å². The quantitative estimate of drug-likeness (QED) is 0.248. The molecule has 1 aliphatic rings. The van der Waals surface area contributed by atoms with E-state index in [1.165, 1.54) is 53.7 Å². The van der Waals surface area contributed by atoms with Gasteiger partial charge in [0, 0.05) is 11.4 Å². The Balaban J connectivity index is 1.23. The number of anilines is 2. The summed E-state index contributed by atoms with van der Waals surface area (Å²) in [6.07, 6.45) is 2.62. The number of nitriles is 1. The maximum Gasteiger partial charge on any atom is 0.263 e. The molecule has 12 heteroatoms. The number of hydrogen-bond acceptors (Lipinski definition) is 8. The molecule has 2 heterocycles. The Bertz CT molecular complexity index is 1710. The first-order valence-electron chi connectivity index (χ1n) is 12.8. The van der Waals surface area contributed by atoms with E-state index in [4.69, 9.17) is 16.6 Å². The number of fused-ring (bicyclic) bond motifs is 1. The number of thioether (sulfide) groups is 1. The zero-order chi connectivity index (χ0) is 29.0. The van der Waals surface area contributed by atoms with Gasteiger partial charge in [-0.15, -0.1) is 10.2 Å². The fourth-order valence-electron chi connectivity index (χ4n) is 4.57. The highest BCUT2D eigenvalue weighted by atomic mass is 35.5. The van der Waals surface area contributed by atoms with E-state index in [9.17, 15) is 18.5 Å². The third-order valence-electron chi connectivity index (χ3n) is 6.70. The van der Waals surface area contributed by atoms with Crippen molar-refractivity contribution in [2.75, 3.05) is 10.0 Å². The monoisotopic (exact) mass is 604 g/mol. The zero-order valence-corrected chi connectivity index (χ0v) is 24.3. The molecule has 0 saturated heterocycles. The molecule has 2 N–H and O–H groups in total. The Labute approximate surface area is 247 Å². The summed E-state index contributed by atoms with van der Waals surface area (Å²) in [6, 6.07) is 23.1. The minimum Gasteiger partial charge on any atom is -0.325 e. The topological polar surface area (TPSA) is 138 Å². The van der Waals surface area contributed by atoms with Crippen LogP contribution < -0.4 is 10.0 Å². The molecule has 2 atom stereocenters. The van der Waals surface area contributed by atoms with Crippen LogP contribution in [0.5, 0.6) is 0 Å². The third-order valence-corrected chi connectivity index (χ3v) is 9.38. The van der Waals surface area contributed by atoms with Gasteiger partial charge in [0.05, 0.1) is 15.7 Å².